The Hall–Kier alpha value is -15.1. The van der Waals surface area contributed by atoms with Gasteiger partial charge in [0.15, 0.2) is 50.5 Å². The highest BCUT2D eigenvalue weighted by molar-refractivity contribution is 6.12. The Balaban J connectivity index is 0.000000116. The molecule has 15 heterocycles. The molecule has 0 radical (unpaired) electrons. The fourth-order valence-electron chi connectivity index (χ4n) is 15.0. The minimum Gasteiger partial charge on any atom is -0.497 e. The standard InChI is InChI=1S/C21H18N4O5.2C20H15FN4O5.C17H16N4O5/c1-11-3-6-16-15(22-11)8-17(30-16)21(19(27)23-20(28)24-21)10-25-9-12-4-5-13(29-2)7-14(12)18(25)26;1-29-12-3-2-10-8-25(17(26)13(10)5-12)9-20(18(27)23-19(28)24-20)16-6-14-15(30-16)4-11(21)7-22-14;1-29-12-3-2-10-8-25(17(26)13(10)5-12)9-20(18(27)23-19(28)24-20)15-4-11-6-22-7-14(21)16(11)30-15;1-9-5-13(26-20-9)17(15(23)18-16(24)19-17)8-21-7-10-3-4-11(25-2)6-12(10)14(21)22/h3-8H,9-10H2,1-2H3,(H2,23,24,27,28);2*2-7H,8-9H2,1H3,(H2,23,24,27,28);3-6H,7-8H2,1-2H3,(H2,18,19,23,24)/t21-;2*20-;17-/m0000/s1. The number of rotatable bonds is 16. The van der Waals surface area contributed by atoms with Crippen molar-refractivity contribution in [2.75, 3.05) is 54.6 Å². The van der Waals surface area contributed by atoms with Crippen molar-refractivity contribution >= 4 is 105 Å². The smallest absolute Gasteiger partial charge is 0.322 e. The molecule has 0 aliphatic carbocycles. The van der Waals surface area contributed by atoms with Crippen LogP contribution in [0.3, 0.4) is 0 Å². The highest BCUT2D eigenvalue weighted by Crippen LogP contribution is 2.41. The molecule has 0 saturated carbocycles. The lowest BCUT2D eigenvalue weighted by Crippen LogP contribution is -2.52. The first-order valence-corrected chi connectivity index (χ1v) is 35.4. The van der Waals surface area contributed by atoms with Gasteiger partial charge in [0.05, 0.1) is 72.7 Å². The molecule has 590 valence electrons. The van der Waals surface area contributed by atoms with Gasteiger partial charge in [-0.2, -0.15) is 0 Å². The number of aromatic nitrogens is 4. The topological polar surface area (TPSA) is 455 Å². The van der Waals surface area contributed by atoms with Gasteiger partial charge >= 0.3 is 24.1 Å². The molecule has 19 rings (SSSR count). The van der Waals surface area contributed by atoms with Crippen LogP contribution in [0.5, 0.6) is 23.0 Å². The molecule has 8 aliphatic heterocycles. The van der Waals surface area contributed by atoms with Gasteiger partial charge < -0.3 is 77.6 Å². The number of benzene rings is 4. The third kappa shape index (κ3) is 13.0. The van der Waals surface area contributed by atoms with Gasteiger partial charge in [0.2, 0.25) is 0 Å². The average Bonchev–Trinajstić information content (AvgIpc) is 1.60. The van der Waals surface area contributed by atoms with Crippen LogP contribution in [0.4, 0.5) is 28.0 Å². The van der Waals surface area contributed by atoms with Crippen molar-refractivity contribution in [3.8, 4) is 23.0 Å². The molecule has 16 amide bonds. The number of furan rings is 3. The predicted molar refractivity (Wildman–Crippen MR) is 392 cm³/mol. The summed E-state index contributed by atoms with van der Waals surface area (Å²) in [5.74, 6) is -2.26. The zero-order valence-electron chi connectivity index (χ0n) is 61.9. The number of halogens is 2. The summed E-state index contributed by atoms with van der Waals surface area (Å²) in [5, 5.41) is 23.4. The second kappa shape index (κ2) is 28.6. The number of carbonyl (C=O) groups is 12. The summed E-state index contributed by atoms with van der Waals surface area (Å²) in [6.07, 6.45) is 3.40. The molecule has 116 heavy (non-hydrogen) atoms. The van der Waals surface area contributed by atoms with E-state index in [0.717, 1.165) is 46.4 Å². The number of pyridine rings is 3. The Labute approximate surface area is 651 Å². The first-order valence-electron chi connectivity index (χ1n) is 35.4. The van der Waals surface area contributed by atoms with Gasteiger partial charge in [-0.25, -0.2) is 37.9 Å². The number of ether oxygens (including phenoxy) is 4. The quantitative estimate of drug-likeness (QED) is 0.0526. The molecular formula is C78H64F2N16O20. The maximum absolute atomic E-state index is 14.1. The lowest BCUT2D eigenvalue weighted by atomic mass is 9.95. The molecule has 11 aromatic rings. The molecule has 4 atom stereocenters. The molecular weight excluding hydrogens is 1520 g/mol. The van der Waals surface area contributed by atoms with E-state index < -0.39 is 81.5 Å². The molecule has 7 aromatic heterocycles. The Morgan fingerprint density at radius 3 is 1.15 bits per heavy atom. The highest BCUT2D eigenvalue weighted by atomic mass is 19.1. The molecule has 0 spiro atoms. The lowest BCUT2D eigenvalue weighted by molar-refractivity contribution is -0.126. The van der Waals surface area contributed by atoms with E-state index in [1.54, 1.807) is 91.9 Å². The van der Waals surface area contributed by atoms with Crippen molar-refractivity contribution in [2.45, 2.75) is 62.2 Å². The lowest BCUT2D eigenvalue weighted by Gasteiger charge is -2.29. The summed E-state index contributed by atoms with van der Waals surface area (Å²) < 4.78 is 70.7. The first kappa shape index (κ1) is 74.9. The van der Waals surface area contributed by atoms with E-state index in [-0.39, 0.29) is 97.1 Å². The number of aryl methyl sites for hydroxylation is 2. The summed E-state index contributed by atoms with van der Waals surface area (Å²) in [6.45, 7) is 4.12. The number of nitrogens with one attached hydrogen (secondary N) is 8. The van der Waals surface area contributed by atoms with Crippen LogP contribution in [-0.4, -0.2) is 166 Å². The fourth-order valence-corrected chi connectivity index (χ4v) is 15.0. The number of urea groups is 4. The predicted octanol–water partition coefficient (Wildman–Crippen LogP) is 5.85. The van der Waals surface area contributed by atoms with E-state index in [2.05, 4.69) is 62.6 Å². The van der Waals surface area contributed by atoms with E-state index in [9.17, 15) is 66.3 Å². The van der Waals surface area contributed by atoms with Crippen LogP contribution in [0.15, 0.2) is 152 Å². The van der Waals surface area contributed by atoms with Gasteiger partial charge in [0, 0.05) is 90.0 Å². The van der Waals surface area contributed by atoms with Gasteiger partial charge in [-0.05, 0) is 103 Å². The number of amides is 16. The number of carbonyl (C=O) groups excluding carboxylic acids is 12. The van der Waals surface area contributed by atoms with Gasteiger partial charge in [-0.3, -0.25) is 64.6 Å². The van der Waals surface area contributed by atoms with E-state index in [1.807, 2.05) is 19.1 Å². The van der Waals surface area contributed by atoms with E-state index >= 15 is 0 Å². The minimum atomic E-state index is -1.70. The number of imide groups is 4. The Morgan fingerprint density at radius 2 is 0.784 bits per heavy atom. The minimum absolute atomic E-state index is 0.00841. The average molecular weight is 1580 g/mol. The Bertz CT molecular complexity index is 5910. The van der Waals surface area contributed by atoms with E-state index in [4.69, 9.17) is 36.7 Å². The maximum Gasteiger partial charge on any atom is 0.322 e. The van der Waals surface area contributed by atoms with E-state index in [1.165, 1.54) is 66.4 Å². The van der Waals surface area contributed by atoms with Gasteiger partial charge in [0.25, 0.3) is 47.3 Å². The summed E-state index contributed by atoms with van der Waals surface area (Å²) >= 11 is 0. The number of hydrogen-bond donors (Lipinski definition) is 8. The second-order valence-electron chi connectivity index (χ2n) is 28.1. The van der Waals surface area contributed by atoms with Crippen LogP contribution >= 0.6 is 0 Å². The molecule has 38 heteroatoms. The van der Waals surface area contributed by atoms with Crippen LogP contribution < -0.4 is 61.5 Å². The van der Waals surface area contributed by atoms with Crippen molar-refractivity contribution in [2.24, 2.45) is 0 Å². The Morgan fingerprint density at radius 1 is 0.405 bits per heavy atom. The summed E-state index contributed by atoms with van der Waals surface area (Å²) in [5.41, 5.74) is 1.45. The largest absolute Gasteiger partial charge is 0.497 e. The van der Waals surface area contributed by atoms with Crippen molar-refractivity contribution in [3.05, 3.63) is 224 Å². The number of hydrogen-bond acceptors (Lipinski definition) is 24. The number of nitrogens with zero attached hydrogens (tertiary/aromatic N) is 8. The molecule has 0 unspecified atom stereocenters. The van der Waals surface area contributed by atoms with Crippen LogP contribution in [0.25, 0.3) is 33.2 Å². The number of methoxy groups -OCH3 is 4. The highest BCUT2D eigenvalue weighted by Gasteiger charge is 2.57. The molecule has 8 N–H and O–H groups in total. The molecule has 8 aliphatic rings. The summed E-state index contributed by atoms with van der Waals surface area (Å²) in [4.78, 5) is 169. The van der Waals surface area contributed by atoms with Crippen molar-refractivity contribution < 1.29 is 103 Å². The van der Waals surface area contributed by atoms with Gasteiger partial charge in [-0.1, -0.05) is 29.4 Å². The third-order valence-corrected chi connectivity index (χ3v) is 20.8. The summed E-state index contributed by atoms with van der Waals surface area (Å²) in [6, 6.07) is 28.9. The van der Waals surface area contributed by atoms with Crippen molar-refractivity contribution in [3.63, 3.8) is 0 Å². The zero-order chi connectivity index (χ0) is 81.6. The second-order valence-corrected chi connectivity index (χ2v) is 28.1. The third-order valence-electron chi connectivity index (χ3n) is 20.8. The molecule has 0 bridgehead atoms. The molecule has 4 saturated heterocycles. The van der Waals surface area contributed by atoms with Gasteiger partial charge in [-0.15, -0.1) is 0 Å². The maximum atomic E-state index is 14.1. The molecule has 4 aromatic carbocycles. The Kier molecular flexibility index (Phi) is 18.4. The van der Waals surface area contributed by atoms with Gasteiger partial charge in [0.1, 0.15) is 57.1 Å². The van der Waals surface area contributed by atoms with Crippen LogP contribution in [0, 0.1) is 25.5 Å². The zero-order valence-corrected chi connectivity index (χ0v) is 61.9. The van der Waals surface area contributed by atoms with E-state index in [0.29, 0.717) is 86.0 Å². The normalized spacial score (nSPS) is 20.7. The summed E-state index contributed by atoms with van der Waals surface area (Å²) in [7, 11) is 6.06. The van der Waals surface area contributed by atoms with Crippen molar-refractivity contribution in [1.29, 1.82) is 0 Å². The van der Waals surface area contributed by atoms with Crippen LogP contribution in [0.1, 0.15) is 98.1 Å². The first-order chi connectivity index (χ1) is 55.6. The molecule has 4 fully saturated rings. The van der Waals surface area contributed by atoms with Crippen LogP contribution in [-0.2, 0) is 67.5 Å². The monoisotopic (exact) mass is 1580 g/mol. The number of fused-ring (bicyclic) bond motifs is 7. The molecule has 36 nitrogen and oxygen atoms in total. The fraction of sp³-hybridized carbons (Fsp3) is 0.231. The van der Waals surface area contributed by atoms with Crippen molar-refractivity contribution in [1.82, 2.24) is 82.2 Å². The SMILES string of the molecule is COc1ccc2c(c1)C(=O)N(C[C@@]1(c3cc(C)no3)NC(=O)NC1=O)C2.COc1ccc2c(c1)C(=O)N(C[C@@]1(c3cc4cncc(F)c4o3)NC(=O)NC1=O)C2.COc1ccc2c(c1)C(=O)N(C[C@@]1(c3cc4nc(C)ccc4o3)NC(=O)NC1=O)C2.COc1ccc2c(c1)C(=O)N(C[C@@]1(c3cc4ncc(F)cc4o3)NC(=O)NC1=O)C2. The van der Waals surface area contributed by atoms with Crippen LogP contribution in [0.2, 0.25) is 0 Å².